The minimum Gasteiger partial charge on any atom is -0.508 e. The third kappa shape index (κ3) is 2.42. The fourth-order valence-electron chi connectivity index (χ4n) is 2.10. The summed E-state index contributed by atoms with van der Waals surface area (Å²) < 4.78 is 0. The van der Waals surface area contributed by atoms with Gasteiger partial charge in [-0.2, -0.15) is 0 Å². The number of phenols is 2. The van der Waals surface area contributed by atoms with E-state index in [2.05, 4.69) is 0 Å². The van der Waals surface area contributed by atoms with E-state index in [-0.39, 0.29) is 17.2 Å². The minimum absolute atomic E-state index is 0.168. The number of rotatable bonds is 3. The van der Waals surface area contributed by atoms with Crippen molar-refractivity contribution >= 4 is 5.69 Å². The molecule has 2 aromatic carbocycles. The van der Waals surface area contributed by atoms with Crippen LogP contribution in [0.2, 0.25) is 0 Å². The molecule has 0 spiro atoms. The van der Waals surface area contributed by atoms with Gasteiger partial charge in [-0.3, -0.25) is 10.1 Å². The van der Waals surface area contributed by atoms with Crippen LogP contribution in [0.4, 0.5) is 5.69 Å². The van der Waals surface area contributed by atoms with E-state index in [1.165, 1.54) is 12.1 Å². The Balaban J connectivity index is 2.51. The largest absolute Gasteiger partial charge is 0.508 e. The Morgan fingerprint density at radius 2 is 1.55 bits per heavy atom. The standard InChI is InChI=1S/C15H15NO4/c1-15(2,10-3-6-12(17)7-4-10)11-5-8-14(18)13(9-11)16(19)20/h3-9,17-18H,1-2H3. The van der Waals surface area contributed by atoms with E-state index in [4.69, 9.17) is 0 Å². The summed E-state index contributed by atoms with van der Waals surface area (Å²) in [5.41, 5.74) is 0.837. The molecule has 0 bridgehead atoms. The first-order valence-electron chi connectivity index (χ1n) is 6.10. The van der Waals surface area contributed by atoms with Gasteiger partial charge in [0.05, 0.1) is 4.92 Å². The summed E-state index contributed by atoms with van der Waals surface area (Å²) >= 11 is 0. The molecule has 2 aromatic rings. The maximum Gasteiger partial charge on any atom is 0.310 e. The molecular weight excluding hydrogens is 258 g/mol. The maximum absolute atomic E-state index is 10.9. The zero-order valence-corrected chi connectivity index (χ0v) is 11.2. The molecule has 20 heavy (non-hydrogen) atoms. The van der Waals surface area contributed by atoms with Crippen molar-refractivity contribution in [2.75, 3.05) is 0 Å². The predicted molar refractivity (Wildman–Crippen MR) is 75.0 cm³/mol. The first kappa shape index (κ1) is 13.9. The van der Waals surface area contributed by atoms with E-state index in [1.54, 1.807) is 30.3 Å². The Morgan fingerprint density at radius 1 is 1.00 bits per heavy atom. The zero-order chi connectivity index (χ0) is 14.9. The van der Waals surface area contributed by atoms with E-state index < -0.39 is 10.3 Å². The predicted octanol–water partition coefficient (Wildman–Crippen LogP) is 3.33. The fraction of sp³-hybridized carbons (Fsp3) is 0.200. The molecule has 0 fully saturated rings. The number of nitro groups is 1. The van der Waals surface area contributed by atoms with Crippen LogP contribution in [0.5, 0.6) is 11.5 Å². The van der Waals surface area contributed by atoms with Gasteiger partial charge in [-0.25, -0.2) is 0 Å². The van der Waals surface area contributed by atoms with Crippen LogP contribution in [0.25, 0.3) is 0 Å². The molecule has 0 aliphatic carbocycles. The van der Waals surface area contributed by atoms with Crippen LogP contribution < -0.4 is 0 Å². The summed E-state index contributed by atoms with van der Waals surface area (Å²) in [7, 11) is 0. The highest BCUT2D eigenvalue weighted by molar-refractivity contribution is 5.51. The van der Waals surface area contributed by atoms with Crippen LogP contribution in [-0.4, -0.2) is 15.1 Å². The first-order chi connectivity index (χ1) is 9.32. The van der Waals surface area contributed by atoms with Gasteiger partial charge in [0.15, 0.2) is 5.75 Å². The first-order valence-corrected chi connectivity index (χ1v) is 6.10. The topological polar surface area (TPSA) is 83.6 Å². The van der Waals surface area contributed by atoms with Gasteiger partial charge in [0.1, 0.15) is 5.75 Å². The monoisotopic (exact) mass is 273 g/mol. The lowest BCUT2D eigenvalue weighted by Crippen LogP contribution is -2.18. The third-order valence-electron chi connectivity index (χ3n) is 3.48. The van der Waals surface area contributed by atoms with Crippen LogP contribution in [0.1, 0.15) is 25.0 Å². The SMILES string of the molecule is CC(C)(c1ccc(O)cc1)c1ccc(O)c([N+](=O)[O-])c1. The van der Waals surface area contributed by atoms with Crippen LogP contribution >= 0.6 is 0 Å². The average Bonchev–Trinajstić information content (AvgIpc) is 2.39. The summed E-state index contributed by atoms with van der Waals surface area (Å²) in [5.74, 6) is -0.179. The van der Waals surface area contributed by atoms with Gasteiger partial charge < -0.3 is 10.2 Å². The third-order valence-corrected chi connectivity index (χ3v) is 3.48. The highest BCUT2D eigenvalue weighted by Gasteiger charge is 2.26. The zero-order valence-electron chi connectivity index (χ0n) is 11.2. The van der Waals surface area contributed by atoms with Crippen LogP contribution in [0.15, 0.2) is 42.5 Å². The second-order valence-corrected chi connectivity index (χ2v) is 5.13. The van der Waals surface area contributed by atoms with Gasteiger partial charge in [0.2, 0.25) is 0 Å². The van der Waals surface area contributed by atoms with Gasteiger partial charge in [-0.15, -0.1) is 0 Å². The second kappa shape index (κ2) is 4.85. The quantitative estimate of drug-likeness (QED) is 0.663. The van der Waals surface area contributed by atoms with Gasteiger partial charge in [-0.05, 0) is 29.3 Å². The molecule has 0 heterocycles. The summed E-state index contributed by atoms with van der Waals surface area (Å²) in [6.07, 6.45) is 0. The summed E-state index contributed by atoms with van der Waals surface area (Å²) in [6, 6.07) is 11.1. The number of phenolic OH excluding ortho intramolecular Hbond substituents is 2. The Labute approximate surface area is 116 Å². The molecule has 0 atom stereocenters. The van der Waals surface area contributed by atoms with Crippen molar-refractivity contribution in [1.29, 1.82) is 0 Å². The summed E-state index contributed by atoms with van der Waals surface area (Å²) in [4.78, 5) is 10.3. The lowest BCUT2D eigenvalue weighted by atomic mass is 9.78. The molecule has 0 saturated carbocycles. The molecule has 0 radical (unpaired) electrons. The van der Waals surface area contributed by atoms with Crippen molar-refractivity contribution in [2.45, 2.75) is 19.3 Å². The van der Waals surface area contributed by atoms with E-state index in [0.717, 1.165) is 5.56 Å². The highest BCUT2D eigenvalue weighted by Crippen LogP contribution is 2.36. The number of nitro benzene ring substituents is 1. The van der Waals surface area contributed by atoms with E-state index in [1.807, 2.05) is 13.8 Å². The van der Waals surface area contributed by atoms with Gasteiger partial charge in [0, 0.05) is 11.5 Å². The molecule has 0 aliphatic rings. The number of nitrogens with zero attached hydrogens (tertiary/aromatic N) is 1. The maximum atomic E-state index is 10.9. The smallest absolute Gasteiger partial charge is 0.310 e. The molecule has 104 valence electrons. The summed E-state index contributed by atoms with van der Waals surface area (Å²) in [5, 5.41) is 29.7. The number of aromatic hydroxyl groups is 2. The van der Waals surface area contributed by atoms with E-state index in [9.17, 15) is 20.3 Å². The fourth-order valence-corrected chi connectivity index (χ4v) is 2.10. The van der Waals surface area contributed by atoms with Crippen LogP contribution in [0, 0.1) is 10.1 Å². The Bertz CT molecular complexity index is 647. The molecular formula is C15H15NO4. The van der Waals surface area contributed by atoms with Crippen LogP contribution in [0.3, 0.4) is 0 Å². The Kier molecular flexibility index (Phi) is 3.36. The minimum atomic E-state index is -0.605. The Hall–Kier alpha value is -2.56. The van der Waals surface area contributed by atoms with Crippen molar-refractivity contribution in [3.05, 3.63) is 63.7 Å². The number of benzene rings is 2. The normalized spacial score (nSPS) is 11.3. The highest BCUT2D eigenvalue weighted by atomic mass is 16.6. The molecule has 2 N–H and O–H groups in total. The molecule has 2 rings (SSSR count). The van der Waals surface area contributed by atoms with E-state index in [0.29, 0.717) is 5.56 Å². The lowest BCUT2D eigenvalue weighted by molar-refractivity contribution is -0.386. The second-order valence-electron chi connectivity index (χ2n) is 5.13. The molecule has 0 unspecified atom stereocenters. The van der Waals surface area contributed by atoms with Gasteiger partial charge in [-0.1, -0.05) is 32.0 Å². The molecule has 0 saturated heterocycles. The molecule has 0 aromatic heterocycles. The average molecular weight is 273 g/mol. The van der Waals surface area contributed by atoms with E-state index >= 15 is 0 Å². The van der Waals surface area contributed by atoms with Gasteiger partial charge in [0.25, 0.3) is 0 Å². The van der Waals surface area contributed by atoms with Gasteiger partial charge >= 0.3 is 5.69 Å². The number of hydrogen-bond acceptors (Lipinski definition) is 4. The van der Waals surface area contributed by atoms with Crippen molar-refractivity contribution < 1.29 is 15.1 Å². The van der Waals surface area contributed by atoms with Crippen molar-refractivity contribution in [3.8, 4) is 11.5 Å². The molecule has 0 aliphatic heterocycles. The Morgan fingerprint density at radius 3 is 2.10 bits per heavy atom. The van der Waals surface area contributed by atoms with Crippen molar-refractivity contribution in [2.24, 2.45) is 0 Å². The molecule has 5 heteroatoms. The van der Waals surface area contributed by atoms with Crippen molar-refractivity contribution in [1.82, 2.24) is 0 Å². The van der Waals surface area contributed by atoms with Crippen molar-refractivity contribution in [3.63, 3.8) is 0 Å². The molecule has 0 amide bonds. The number of hydrogen-bond donors (Lipinski definition) is 2. The van der Waals surface area contributed by atoms with Crippen LogP contribution in [-0.2, 0) is 5.41 Å². The summed E-state index contributed by atoms with van der Waals surface area (Å²) in [6.45, 7) is 3.85. The molecule has 5 nitrogen and oxygen atoms in total. The lowest BCUT2D eigenvalue weighted by Gasteiger charge is -2.26.